The number of pyridine rings is 1. The van der Waals surface area contributed by atoms with Gasteiger partial charge in [-0.1, -0.05) is 18.2 Å². The van der Waals surface area contributed by atoms with Crippen molar-refractivity contribution in [3.8, 4) is 5.75 Å². The molecule has 1 atom stereocenters. The summed E-state index contributed by atoms with van der Waals surface area (Å²) in [5.41, 5.74) is 0.249. The predicted octanol–water partition coefficient (Wildman–Crippen LogP) is 0.115. The monoisotopic (exact) mass is 425 g/mol. The Morgan fingerprint density at radius 3 is 2.52 bits per heavy atom. The van der Waals surface area contributed by atoms with Crippen molar-refractivity contribution in [2.75, 3.05) is 44.9 Å². The Kier molecular flexibility index (Phi) is 6.08. The fourth-order valence-corrected chi connectivity index (χ4v) is 4.27. The first kappa shape index (κ1) is 21.1. The van der Waals surface area contributed by atoms with Crippen LogP contribution in [-0.2, 0) is 11.2 Å². The van der Waals surface area contributed by atoms with Gasteiger partial charge in [0.2, 0.25) is 0 Å². The summed E-state index contributed by atoms with van der Waals surface area (Å²) >= 11 is 0. The van der Waals surface area contributed by atoms with E-state index in [1.165, 1.54) is 9.80 Å². The molecule has 8 nitrogen and oxygen atoms in total. The number of urea groups is 1. The lowest BCUT2D eigenvalue weighted by Crippen LogP contribution is -3.16. The van der Waals surface area contributed by atoms with Crippen LogP contribution >= 0.6 is 0 Å². The molecule has 164 valence electrons. The molecular weight excluding hydrogens is 394 g/mol. The van der Waals surface area contributed by atoms with Crippen LogP contribution in [-0.4, -0.2) is 62.3 Å². The highest BCUT2D eigenvalue weighted by Crippen LogP contribution is 2.23. The first-order valence-electron chi connectivity index (χ1n) is 10.8. The van der Waals surface area contributed by atoms with E-state index in [9.17, 15) is 9.59 Å². The second-order valence-corrected chi connectivity index (χ2v) is 8.49. The van der Waals surface area contributed by atoms with E-state index < -0.39 is 5.54 Å². The SMILES string of the molecule is COc1ccc(CC[C@@]2(C)NC(=O)N(C[NH+]3CCN(c4cccc[nH+]4)CC3)C2=O)cc1. The zero-order chi connectivity index (χ0) is 21.8. The van der Waals surface area contributed by atoms with Crippen LogP contribution in [0.25, 0.3) is 0 Å². The molecule has 1 aromatic heterocycles. The molecule has 2 saturated heterocycles. The van der Waals surface area contributed by atoms with Crippen molar-refractivity contribution in [2.45, 2.75) is 25.3 Å². The Labute approximate surface area is 182 Å². The highest BCUT2D eigenvalue weighted by molar-refractivity contribution is 6.06. The molecule has 2 aromatic rings. The molecule has 0 bridgehead atoms. The van der Waals surface area contributed by atoms with Crippen molar-refractivity contribution >= 4 is 17.8 Å². The zero-order valence-electron chi connectivity index (χ0n) is 18.2. The molecule has 0 spiro atoms. The molecule has 2 aliphatic rings. The number of anilines is 1. The third kappa shape index (κ3) is 4.64. The van der Waals surface area contributed by atoms with Crippen LogP contribution in [0.3, 0.4) is 0 Å². The van der Waals surface area contributed by atoms with Gasteiger partial charge in [0.05, 0.1) is 13.3 Å². The van der Waals surface area contributed by atoms with Crippen molar-refractivity contribution in [1.29, 1.82) is 0 Å². The van der Waals surface area contributed by atoms with Gasteiger partial charge in [0.15, 0.2) is 6.67 Å². The van der Waals surface area contributed by atoms with Gasteiger partial charge in [0.25, 0.3) is 11.7 Å². The number of methoxy groups -OCH3 is 1. The van der Waals surface area contributed by atoms with Gasteiger partial charge in [-0.15, -0.1) is 0 Å². The summed E-state index contributed by atoms with van der Waals surface area (Å²) in [7, 11) is 1.64. The topological polar surface area (TPSA) is 80.5 Å². The molecule has 3 amide bonds. The molecule has 4 rings (SSSR count). The minimum Gasteiger partial charge on any atom is -0.497 e. The first-order chi connectivity index (χ1) is 15.0. The van der Waals surface area contributed by atoms with E-state index in [2.05, 4.69) is 21.3 Å². The summed E-state index contributed by atoms with van der Waals surface area (Å²) in [4.78, 5) is 33.9. The zero-order valence-corrected chi connectivity index (χ0v) is 18.2. The molecule has 31 heavy (non-hydrogen) atoms. The number of carbonyl (C=O) groups is 2. The fourth-order valence-electron chi connectivity index (χ4n) is 4.27. The van der Waals surface area contributed by atoms with Crippen molar-refractivity contribution in [3.63, 3.8) is 0 Å². The van der Waals surface area contributed by atoms with Crippen molar-refractivity contribution in [3.05, 3.63) is 54.2 Å². The van der Waals surface area contributed by atoms with E-state index in [0.29, 0.717) is 19.5 Å². The quantitative estimate of drug-likeness (QED) is 0.618. The number of hydrogen-bond donors (Lipinski definition) is 2. The number of nitrogens with zero attached hydrogens (tertiary/aromatic N) is 2. The lowest BCUT2D eigenvalue weighted by molar-refractivity contribution is -0.908. The minimum atomic E-state index is -0.864. The molecule has 0 saturated carbocycles. The summed E-state index contributed by atoms with van der Waals surface area (Å²) < 4.78 is 5.19. The first-order valence-corrected chi connectivity index (χ1v) is 10.8. The number of rotatable bonds is 7. The number of H-pyrrole nitrogens is 1. The Balaban J connectivity index is 1.31. The number of hydrogen-bond acceptors (Lipinski definition) is 4. The summed E-state index contributed by atoms with van der Waals surface area (Å²) in [6.07, 6.45) is 3.20. The summed E-state index contributed by atoms with van der Waals surface area (Å²) in [6.45, 7) is 5.76. The van der Waals surface area contributed by atoms with Gasteiger partial charge in [0.1, 0.15) is 37.5 Å². The Morgan fingerprint density at radius 1 is 1.13 bits per heavy atom. The number of piperazine rings is 1. The van der Waals surface area contributed by atoms with Crippen LogP contribution in [0.5, 0.6) is 5.75 Å². The number of nitrogens with one attached hydrogen (secondary N) is 3. The van der Waals surface area contributed by atoms with Gasteiger partial charge < -0.3 is 15.0 Å². The van der Waals surface area contributed by atoms with Crippen molar-refractivity contribution in [1.82, 2.24) is 10.2 Å². The van der Waals surface area contributed by atoms with Gasteiger partial charge in [-0.2, -0.15) is 0 Å². The van der Waals surface area contributed by atoms with Crippen molar-refractivity contribution < 1.29 is 24.2 Å². The fraction of sp³-hybridized carbons (Fsp3) is 0.435. The van der Waals surface area contributed by atoms with Crippen LogP contribution in [0.1, 0.15) is 18.9 Å². The number of benzene rings is 1. The molecule has 2 fully saturated rings. The predicted molar refractivity (Wildman–Crippen MR) is 116 cm³/mol. The Bertz CT molecular complexity index is 913. The van der Waals surface area contributed by atoms with Gasteiger partial charge >= 0.3 is 6.03 Å². The summed E-state index contributed by atoms with van der Waals surface area (Å²) in [6, 6.07) is 13.6. The van der Waals surface area contributed by atoms with E-state index in [1.807, 2.05) is 49.5 Å². The number of quaternary nitrogens is 1. The minimum absolute atomic E-state index is 0.127. The molecule has 1 aromatic carbocycles. The van der Waals surface area contributed by atoms with Gasteiger partial charge in [0, 0.05) is 6.07 Å². The standard InChI is InChI=1S/C23H29N5O3/c1-23(11-10-18-6-8-19(31-2)9-7-18)21(29)28(22(30)25-23)17-26-13-15-27(16-14-26)20-5-3-4-12-24-20/h3-9,12H,10-11,13-17H2,1-2H3,(H,25,30)/p+2/t23-/m1/s1. The molecule has 0 aliphatic carbocycles. The second kappa shape index (κ2) is 8.93. The number of amides is 3. The third-order valence-electron chi connectivity index (χ3n) is 6.30. The Morgan fingerprint density at radius 2 is 1.87 bits per heavy atom. The second-order valence-electron chi connectivity index (χ2n) is 8.49. The maximum atomic E-state index is 13.1. The van der Waals surface area contributed by atoms with Crippen LogP contribution in [0.4, 0.5) is 10.6 Å². The molecule has 0 radical (unpaired) electrons. The molecular formula is C23H31N5O3+2. The summed E-state index contributed by atoms with van der Waals surface area (Å²) in [5.74, 6) is 1.78. The highest BCUT2D eigenvalue weighted by Gasteiger charge is 2.48. The number of imide groups is 1. The van der Waals surface area contributed by atoms with Crippen LogP contribution in [0, 0.1) is 0 Å². The molecule has 2 aliphatic heterocycles. The third-order valence-corrected chi connectivity index (χ3v) is 6.30. The summed E-state index contributed by atoms with van der Waals surface area (Å²) in [5, 5.41) is 2.93. The maximum absolute atomic E-state index is 13.1. The van der Waals surface area contributed by atoms with E-state index in [4.69, 9.17) is 4.74 Å². The molecule has 3 N–H and O–H groups in total. The lowest BCUT2D eigenvalue weighted by Gasteiger charge is -2.30. The van der Waals surface area contributed by atoms with E-state index in [-0.39, 0.29) is 11.9 Å². The average molecular weight is 426 g/mol. The Hall–Kier alpha value is -3.13. The van der Waals surface area contributed by atoms with E-state index >= 15 is 0 Å². The van der Waals surface area contributed by atoms with Crippen LogP contribution in [0.2, 0.25) is 0 Å². The smallest absolute Gasteiger partial charge is 0.329 e. The van der Waals surface area contributed by atoms with Gasteiger partial charge in [-0.3, -0.25) is 9.69 Å². The number of aromatic nitrogens is 1. The maximum Gasteiger partial charge on any atom is 0.329 e. The van der Waals surface area contributed by atoms with Gasteiger partial charge in [-0.25, -0.2) is 14.7 Å². The highest BCUT2D eigenvalue weighted by atomic mass is 16.5. The number of carbonyl (C=O) groups excluding carboxylic acids is 2. The normalized spacial score (nSPS) is 22.0. The molecule has 8 heteroatoms. The average Bonchev–Trinajstić information content (AvgIpc) is 3.02. The number of aromatic amines is 1. The largest absolute Gasteiger partial charge is 0.497 e. The molecule has 0 unspecified atom stereocenters. The number of ether oxygens (including phenoxy) is 1. The number of aryl methyl sites for hydroxylation is 1. The van der Waals surface area contributed by atoms with Crippen LogP contribution in [0.15, 0.2) is 48.7 Å². The van der Waals surface area contributed by atoms with Crippen molar-refractivity contribution in [2.24, 2.45) is 0 Å². The lowest BCUT2D eigenvalue weighted by atomic mass is 9.93. The van der Waals surface area contributed by atoms with E-state index in [1.54, 1.807) is 7.11 Å². The molecule has 3 heterocycles. The van der Waals surface area contributed by atoms with Crippen LogP contribution < -0.4 is 24.8 Å². The van der Waals surface area contributed by atoms with E-state index in [0.717, 1.165) is 43.3 Å². The van der Waals surface area contributed by atoms with Gasteiger partial charge in [-0.05, 0) is 43.5 Å².